The van der Waals surface area contributed by atoms with E-state index < -0.39 is 18.5 Å². The van der Waals surface area contributed by atoms with Gasteiger partial charge >= 0.3 is 0 Å². The normalized spacial score (nSPS) is 29.1. The van der Waals surface area contributed by atoms with Crippen molar-refractivity contribution >= 4 is 10.9 Å². The van der Waals surface area contributed by atoms with Crippen LogP contribution in [-0.2, 0) is 16.0 Å². The van der Waals surface area contributed by atoms with Gasteiger partial charge in [-0.3, -0.25) is 4.98 Å². The summed E-state index contributed by atoms with van der Waals surface area (Å²) >= 11 is 0. The number of nitrogens with zero attached hydrogens (tertiary/aromatic N) is 1. The van der Waals surface area contributed by atoms with E-state index in [9.17, 15) is 5.11 Å². The minimum atomic E-state index is -0.750. The van der Waals surface area contributed by atoms with Gasteiger partial charge in [0.05, 0.1) is 18.2 Å². The van der Waals surface area contributed by atoms with Crippen molar-refractivity contribution in [3.05, 3.63) is 72.4 Å². The fourth-order valence-corrected chi connectivity index (χ4v) is 3.87. The number of aliphatic hydroxyl groups is 1. The van der Waals surface area contributed by atoms with Crippen molar-refractivity contribution in [3.63, 3.8) is 0 Å². The highest BCUT2D eigenvalue weighted by atomic mass is 16.7. The zero-order valence-corrected chi connectivity index (χ0v) is 15.3. The van der Waals surface area contributed by atoms with Crippen molar-refractivity contribution in [2.24, 2.45) is 0 Å². The van der Waals surface area contributed by atoms with E-state index in [0.717, 1.165) is 16.5 Å². The fraction of sp³-hybridized carbons (Fsp3) is 0.318. The quantitative estimate of drug-likeness (QED) is 0.710. The molecule has 0 saturated carbocycles. The van der Waals surface area contributed by atoms with Crippen LogP contribution in [0.2, 0.25) is 0 Å². The zero-order valence-electron chi connectivity index (χ0n) is 15.3. The molecule has 28 heavy (non-hydrogen) atoms. The molecule has 3 heterocycles. The van der Waals surface area contributed by atoms with E-state index in [-0.39, 0.29) is 12.1 Å². The zero-order chi connectivity index (χ0) is 18.9. The summed E-state index contributed by atoms with van der Waals surface area (Å²) in [5.41, 5.74) is 2.02. The van der Waals surface area contributed by atoms with Crippen LogP contribution in [0.3, 0.4) is 0 Å². The van der Waals surface area contributed by atoms with Crippen molar-refractivity contribution in [2.45, 2.75) is 37.2 Å². The summed E-state index contributed by atoms with van der Waals surface area (Å²) in [6.45, 7) is 1.01. The molecule has 3 aromatic rings. The molecule has 2 aromatic carbocycles. The van der Waals surface area contributed by atoms with Gasteiger partial charge in [-0.25, -0.2) is 0 Å². The maximum atomic E-state index is 11.0. The van der Waals surface area contributed by atoms with E-state index in [4.69, 9.17) is 14.2 Å². The summed E-state index contributed by atoms with van der Waals surface area (Å²) in [6, 6.07) is 19.3. The number of aliphatic hydroxyl groups excluding tert-OH is 1. The van der Waals surface area contributed by atoms with Crippen molar-refractivity contribution in [2.75, 3.05) is 6.61 Å². The molecule has 2 N–H and O–H groups in total. The molecular weight excluding hydrogens is 356 g/mol. The maximum Gasteiger partial charge on any atom is 0.197 e. The van der Waals surface area contributed by atoms with E-state index in [2.05, 4.69) is 16.4 Å². The van der Waals surface area contributed by atoms with Crippen LogP contribution >= 0.6 is 0 Å². The summed E-state index contributed by atoms with van der Waals surface area (Å²) in [6.07, 6.45) is -0.241. The lowest BCUT2D eigenvalue weighted by molar-refractivity contribution is -0.193. The van der Waals surface area contributed by atoms with Gasteiger partial charge in [-0.15, -0.1) is 0 Å². The highest BCUT2D eigenvalue weighted by Gasteiger charge is 2.51. The van der Waals surface area contributed by atoms with Crippen LogP contribution in [-0.4, -0.2) is 47.3 Å². The number of para-hydroxylation sites is 2. The van der Waals surface area contributed by atoms with Gasteiger partial charge in [-0.05, 0) is 29.8 Å². The standard InChI is InChI=1S/C22H22N2O4/c25-20-19(24-12-14-10-15-6-4-5-9-17(15)23-11-14)18-13-26-22(28-18)21(20)27-16-7-2-1-3-8-16/h1-11,18-22,24-25H,12-13H2/t18-,19-,20+,21-,22-/m1/s1. The van der Waals surface area contributed by atoms with Gasteiger partial charge in [-0.1, -0.05) is 36.4 Å². The minimum absolute atomic E-state index is 0.205. The van der Waals surface area contributed by atoms with Gasteiger partial charge in [0.2, 0.25) is 0 Å². The summed E-state index contributed by atoms with van der Waals surface area (Å²) in [4.78, 5) is 4.50. The first kappa shape index (κ1) is 17.6. The molecule has 0 radical (unpaired) electrons. The Labute approximate surface area is 163 Å². The Morgan fingerprint density at radius 1 is 1.11 bits per heavy atom. The van der Waals surface area contributed by atoms with Gasteiger partial charge in [0, 0.05) is 18.1 Å². The van der Waals surface area contributed by atoms with E-state index in [0.29, 0.717) is 18.9 Å². The summed E-state index contributed by atoms with van der Waals surface area (Å²) in [5, 5.41) is 15.5. The van der Waals surface area contributed by atoms with Crippen LogP contribution in [0.15, 0.2) is 66.9 Å². The highest BCUT2D eigenvalue weighted by Crippen LogP contribution is 2.31. The van der Waals surface area contributed by atoms with Crippen LogP contribution in [0.1, 0.15) is 5.56 Å². The molecule has 2 saturated heterocycles. The average Bonchev–Trinajstić information content (AvgIpc) is 3.17. The molecule has 0 spiro atoms. The predicted octanol–water partition coefficient (Wildman–Crippen LogP) is 2.26. The van der Waals surface area contributed by atoms with Gasteiger partial charge in [0.1, 0.15) is 18.0 Å². The Balaban J connectivity index is 1.31. The molecule has 0 amide bonds. The summed E-state index contributed by atoms with van der Waals surface area (Å²) in [5.74, 6) is 0.682. The van der Waals surface area contributed by atoms with E-state index in [1.165, 1.54) is 0 Å². The first-order valence-corrected chi connectivity index (χ1v) is 9.52. The molecule has 5 rings (SSSR count). The first-order valence-electron chi connectivity index (χ1n) is 9.52. The second kappa shape index (κ2) is 7.48. The second-order valence-corrected chi connectivity index (χ2v) is 7.21. The number of fused-ring (bicyclic) bond motifs is 3. The van der Waals surface area contributed by atoms with E-state index in [1.54, 1.807) is 0 Å². The minimum Gasteiger partial charge on any atom is -0.482 e. The monoisotopic (exact) mass is 378 g/mol. The first-order chi connectivity index (χ1) is 13.8. The van der Waals surface area contributed by atoms with Crippen LogP contribution in [0.4, 0.5) is 0 Å². The Bertz CT molecular complexity index is 951. The number of nitrogens with one attached hydrogen (secondary N) is 1. The Morgan fingerprint density at radius 3 is 2.82 bits per heavy atom. The van der Waals surface area contributed by atoms with Crippen molar-refractivity contribution in [1.82, 2.24) is 10.3 Å². The second-order valence-electron chi connectivity index (χ2n) is 7.21. The summed E-state index contributed by atoms with van der Waals surface area (Å²) < 4.78 is 17.6. The molecule has 2 aliphatic rings. The average molecular weight is 378 g/mol. The number of hydrogen-bond donors (Lipinski definition) is 2. The molecule has 0 unspecified atom stereocenters. The smallest absolute Gasteiger partial charge is 0.197 e. The molecule has 2 aliphatic heterocycles. The lowest BCUT2D eigenvalue weighted by atomic mass is 9.97. The Morgan fingerprint density at radius 2 is 1.93 bits per heavy atom. The van der Waals surface area contributed by atoms with Crippen molar-refractivity contribution in [1.29, 1.82) is 0 Å². The van der Waals surface area contributed by atoms with Gasteiger partial charge in [0.15, 0.2) is 12.4 Å². The maximum absolute atomic E-state index is 11.0. The molecule has 5 atom stereocenters. The molecular formula is C22H22N2O4. The largest absolute Gasteiger partial charge is 0.482 e. The van der Waals surface area contributed by atoms with Crippen LogP contribution in [0.5, 0.6) is 5.75 Å². The van der Waals surface area contributed by atoms with Crippen LogP contribution in [0.25, 0.3) is 10.9 Å². The number of pyridine rings is 1. The Hall–Kier alpha value is -2.51. The molecule has 144 valence electrons. The number of benzene rings is 2. The van der Waals surface area contributed by atoms with Crippen LogP contribution < -0.4 is 10.1 Å². The van der Waals surface area contributed by atoms with E-state index >= 15 is 0 Å². The molecule has 6 nitrogen and oxygen atoms in total. The van der Waals surface area contributed by atoms with Crippen LogP contribution in [0, 0.1) is 0 Å². The van der Waals surface area contributed by atoms with Gasteiger partial charge in [-0.2, -0.15) is 0 Å². The number of ether oxygens (including phenoxy) is 3. The third-order valence-electron chi connectivity index (χ3n) is 5.31. The summed E-state index contributed by atoms with van der Waals surface area (Å²) in [7, 11) is 0. The topological polar surface area (TPSA) is 72.8 Å². The van der Waals surface area contributed by atoms with Crippen molar-refractivity contribution in [3.8, 4) is 5.75 Å². The lowest BCUT2D eigenvalue weighted by Gasteiger charge is -2.38. The van der Waals surface area contributed by atoms with E-state index in [1.807, 2.05) is 60.8 Å². The predicted molar refractivity (Wildman–Crippen MR) is 104 cm³/mol. The number of rotatable bonds is 5. The third kappa shape index (κ3) is 3.36. The number of hydrogen-bond acceptors (Lipinski definition) is 6. The number of aromatic nitrogens is 1. The third-order valence-corrected chi connectivity index (χ3v) is 5.31. The molecule has 2 fully saturated rings. The highest BCUT2D eigenvalue weighted by molar-refractivity contribution is 5.78. The fourth-order valence-electron chi connectivity index (χ4n) is 3.87. The van der Waals surface area contributed by atoms with Gasteiger partial charge in [0.25, 0.3) is 0 Å². The SMILES string of the molecule is O[C@H]1[C@H](NCc2cnc3ccccc3c2)[C@H]2CO[C@H](O2)[C@@H]1Oc1ccccc1. The van der Waals surface area contributed by atoms with Crippen molar-refractivity contribution < 1.29 is 19.3 Å². The Kier molecular flexibility index (Phi) is 4.70. The molecule has 6 heteroatoms. The van der Waals surface area contributed by atoms with Gasteiger partial charge < -0.3 is 24.6 Å². The molecule has 0 aliphatic carbocycles. The molecule has 2 bridgehead atoms. The molecule has 1 aromatic heterocycles. The lowest BCUT2D eigenvalue weighted by Crippen LogP contribution is -2.61.